The summed E-state index contributed by atoms with van der Waals surface area (Å²) in [6.07, 6.45) is 45.6. The minimum atomic E-state index is -0.800. The number of carbonyl (C=O) groups is 2. The lowest BCUT2D eigenvalue weighted by atomic mass is 10.0. The monoisotopic (exact) mass is 629 g/mol. The third-order valence-electron chi connectivity index (χ3n) is 7.58. The van der Waals surface area contributed by atoms with Gasteiger partial charge in [-0.05, 0) is 51.4 Å². The Kier molecular flexibility index (Phi) is 34.1. The topological polar surface area (TPSA) is 72.8 Å². The predicted molar refractivity (Wildman–Crippen MR) is 191 cm³/mol. The van der Waals surface area contributed by atoms with E-state index in [0.29, 0.717) is 12.8 Å². The first-order chi connectivity index (χ1) is 22.1. The maximum absolute atomic E-state index is 12.1. The Morgan fingerprint density at radius 2 is 0.956 bits per heavy atom. The Balaban J connectivity index is 3.69. The average molecular weight is 629 g/mol. The summed E-state index contributed by atoms with van der Waals surface area (Å²) in [4.78, 5) is 24.2. The summed E-state index contributed by atoms with van der Waals surface area (Å²) in [5.74, 6) is -0.661. The van der Waals surface area contributed by atoms with Gasteiger partial charge in [0.05, 0.1) is 6.61 Å². The van der Waals surface area contributed by atoms with E-state index >= 15 is 0 Å². The van der Waals surface area contributed by atoms with Gasteiger partial charge in [-0.3, -0.25) is 9.59 Å². The van der Waals surface area contributed by atoms with E-state index in [1.807, 2.05) is 0 Å². The molecule has 0 bridgehead atoms. The predicted octanol–water partition coefficient (Wildman–Crippen LogP) is 11.2. The molecule has 0 aliphatic rings. The van der Waals surface area contributed by atoms with Crippen LogP contribution in [0.4, 0.5) is 0 Å². The van der Waals surface area contributed by atoms with Crippen molar-refractivity contribution in [1.82, 2.24) is 0 Å². The number of hydrogen-bond acceptors (Lipinski definition) is 5. The Morgan fingerprint density at radius 3 is 1.42 bits per heavy atom. The van der Waals surface area contributed by atoms with Crippen molar-refractivity contribution in [3.05, 3.63) is 60.8 Å². The molecular formula is C40H68O5. The largest absolute Gasteiger partial charge is 0.462 e. The first-order valence-electron chi connectivity index (χ1n) is 18.3. The molecule has 5 heteroatoms. The van der Waals surface area contributed by atoms with Crippen LogP contribution in [0.5, 0.6) is 0 Å². The van der Waals surface area contributed by atoms with Crippen LogP contribution in [0.2, 0.25) is 0 Å². The van der Waals surface area contributed by atoms with Crippen molar-refractivity contribution in [3.63, 3.8) is 0 Å². The SMILES string of the molecule is CC/C=C/C/C=C/C/C=C/C/C=C/C/C=C/CCCC(=O)O[C@@H](CO)COC(=O)CCCCCCCCCCCCCCCC. The highest BCUT2D eigenvalue weighted by Crippen LogP contribution is 2.13. The lowest BCUT2D eigenvalue weighted by molar-refractivity contribution is -0.161. The van der Waals surface area contributed by atoms with E-state index in [1.54, 1.807) is 0 Å². The first-order valence-corrected chi connectivity index (χ1v) is 18.3. The minimum absolute atomic E-state index is 0.0888. The van der Waals surface area contributed by atoms with Crippen LogP contribution in [-0.2, 0) is 19.1 Å². The number of carbonyl (C=O) groups excluding carboxylic acids is 2. The highest BCUT2D eigenvalue weighted by atomic mass is 16.6. The fourth-order valence-electron chi connectivity index (χ4n) is 4.82. The van der Waals surface area contributed by atoms with Crippen LogP contribution in [0.3, 0.4) is 0 Å². The molecule has 1 atom stereocenters. The van der Waals surface area contributed by atoms with Crippen molar-refractivity contribution in [3.8, 4) is 0 Å². The molecule has 45 heavy (non-hydrogen) atoms. The molecule has 0 radical (unpaired) electrons. The number of ether oxygens (including phenoxy) is 2. The summed E-state index contributed by atoms with van der Waals surface area (Å²) in [7, 11) is 0. The van der Waals surface area contributed by atoms with Crippen molar-refractivity contribution in [1.29, 1.82) is 0 Å². The maximum Gasteiger partial charge on any atom is 0.306 e. The fraction of sp³-hybridized carbons (Fsp3) is 0.700. The van der Waals surface area contributed by atoms with Crippen LogP contribution in [0, 0.1) is 0 Å². The Bertz CT molecular complexity index is 808. The highest BCUT2D eigenvalue weighted by molar-refractivity contribution is 5.70. The number of aliphatic hydroxyl groups is 1. The van der Waals surface area contributed by atoms with Gasteiger partial charge >= 0.3 is 11.9 Å². The van der Waals surface area contributed by atoms with Gasteiger partial charge in [0.15, 0.2) is 6.10 Å². The normalized spacial score (nSPS) is 12.9. The molecule has 0 aromatic rings. The molecule has 0 heterocycles. The third kappa shape index (κ3) is 34.3. The number of esters is 2. The highest BCUT2D eigenvalue weighted by Gasteiger charge is 2.15. The second-order valence-electron chi connectivity index (χ2n) is 11.9. The van der Waals surface area contributed by atoms with E-state index in [1.165, 1.54) is 70.6 Å². The molecule has 0 aromatic carbocycles. The van der Waals surface area contributed by atoms with Crippen molar-refractivity contribution in [2.45, 2.75) is 168 Å². The molecule has 0 unspecified atom stereocenters. The van der Waals surface area contributed by atoms with Gasteiger partial charge in [0.2, 0.25) is 0 Å². The zero-order valence-electron chi connectivity index (χ0n) is 29.1. The second-order valence-corrected chi connectivity index (χ2v) is 11.9. The van der Waals surface area contributed by atoms with Crippen LogP contribution in [0.15, 0.2) is 60.8 Å². The van der Waals surface area contributed by atoms with Gasteiger partial charge in [-0.15, -0.1) is 0 Å². The minimum Gasteiger partial charge on any atom is -0.462 e. The molecule has 0 aromatic heterocycles. The summed E-state index contributed by atoms with van der Waals surface area (Å²) in [6.45, 7) is 3.96. The molecule has 1 N–H and O–H groups in total. The van der Waals surface area contributed by atoms with Crippen molar-refractivity contribution in [2.75, 3.05) is 13.2 Å². The van der Waals surface area contributed by atoms with Gasteiger partial charge in [0, 0.05) is 12.8 Å². The zero-order chi connectivity index (χ0) is 32.9. The summed E-state index contributed by atoms with van der Waals surface area (Å²) >= 11 is 0. The van der Waals surface area contributed by atoms with E-state index in [9.17, 15) is 14.7 Å². The van der Waals surface area contributed by atoms with Crippen molar-refractivity contribution >= 4 is 11.9 Å². The Labute approximate surface area is 277 Å². The molecule has 5 nitrogen and oxygen atoms in total. The van der Waals surface area contributed by atoms with Crippen LogP contribution in [-0.4, -0.2) is 36.4 Å². The van der Waals surface area contributed by atoms with Gasteiger partial charge in [0.25, 0.3) is 0 Å². The zero-order valence-corrected chi connectivity index (χ0v) is 29.1. The van der Waals surface area contributed by atoms with Crippen molar-refractivity contribution < 1.29 is 24.2 Å². The Hall–Kier alpha value is -2.40. The van der Waals surface area contributed by atoms with Crippen LogP contribution in [0.1, 0.15) is 162 Å². The van der Waals surface area contributed by atoms with Crippen LogP contribution >= 0.6 is 0 Å². The van der Waals surface area contributed by atoms with Gasteiger partial charge in [-0.25, -0.2) is 0 Å². The molecule has 0 aliphatic carbocycles. The summed E-state index contributed by atoms with van der Waals surface area (Å²) in [6, 6.07) is 0. The molecule has 0 rings (SSSR count). The summed E-state index contributed by atoms with van der Waals surface area (Å²) in [5, 5.41) is 9.52. The third-order valence-corrected chi connectivity index (χ3v) is 7.58. The van der Waals surface area contributed by atoms with Gasteiger partial charge < -0.3 is 14.6 Å². The smallest absolute Gasteiger partial charge is 0.306 e. The van der Waals surface area contributed by atoms with Gasteiger partial charge in [0.1, 0.15) is 6.61 Å². The van der Waals surface area contributed by atoms with Gasteiger partial charge in [-0.1, -0.05) is 158 Å². The lowest BCUT2D eigenvalue weighted by Gasteiger charge is -2.15. The first kappa shape index (κ1) is 42.6. The quantitative estimate of drug-likeness (QED) is 0.0456. The molecule has 0 amide bonds. The molecule has 0 aliphatic heterocycles. The summed E-state index contributed by atoms with van der Waals surface area (Å²) in [5.41, 5.74) is 0. The number of unbranched alkanes of at least 4 members (excludes halogenated alkanes) is 14. The standard InChI is InChI=1S/C40H68O5/c1-3-5-7-9-11-13-15-17-19-20-21-23-25-27-29-31-33-35-40(43)45-38(36-41)37-44-39(42)34-32-30-28-26-24-22-18-16-14-12-10-8-6-4-2/h5,7,11,13,17,19,21,23,27,29,38,41H,3-4,6,8-10,12,14-16,18,20,22,24-26,28,30-37H2,1-2H3/b7-5+,13-11+,19-17+,23-21+,29-27+/t38-/m0/s1. The van der Waals surface area contributed by atoms with Crippen LogP contribution in [0.25, 0.3) is 0 Å². The van der Waals surface area contributed by atoms with E-state index in [2.05, 4.69) is 74.6 Å². The molecule has 0 saturated carbocycles. The number of hydrogen-bond donors (Lipinski definition) is 1. The fourth-order valence-corrected chi connectivity index (χ4v) is 4.82. The van der Waals surface area contributed by atoms with E-state index in [-0.39, 0.29) is 31.6 Å². The average Bonchev–Trinajstić information content (AvgIpc) is 3.04. The molecule has 0 spiro atoms. The molecule has 0 fully saturated rings. The second kappa shape index (κ2) is 36.1. The van der Waals surface area contributed by atoms with Crippen molar-refractivity contribution in [2.24, 2.45) is 0 Å². The lowest BCUT2D eigenvalue weighted by Crippen LogP contribution is -2.28. The Morgan fingerprint density at radius 1 is 0.533 bits per heavy atom. The van der Waals surface area contributed by atoms with E-state index in [0.717, 1.165) is 57.8 Å². The van der Waals surface area contributed by atoms with E-state index < -0.39 is 6.10 Å². The molecule has 258 valence electrons. The van der Waals surface area contributed by atoms with E-state index in [4.69, 9.17) is 9.47 Å². The number of rotatable bonds is 32. The van der Waals surface area contributed by atoms with Gasteiger partial charge in [-0.2, -0.15) is 0 Å². The molecular weight excluding hydrogens is 560 g/mol. The molecule has 0 saturated heterocycles. The summed E-state index contributed by atoms with van der Waals surface area (Å²) < 4.78 is 10.5. The number of allylic oxidation sites excluding steroid dienone is 10. The number of aliphatic hydroxyl groups excluding tert-OH is 1. The van der Waals surface area contributed by atoms with Crippen LogP contribution < -0.4 is 0 Å². The maximum atomic E-state index is 12.1.